The fourth-order valence-corrected chi connectivity index (χ4v) is 2.97. The first-order chi connectivity index (χ1) is 13.3. The topological polar surface area (TPSA) is 75.7 Å². The van der Waals surface area contributed by atoms with Crippen molar-refractivity contribution in [1.82, 2.24) is 4.90 Å². The Bertz CT molecular complexity index is 901. The Morgan fingerprint density at radius 2 is 1.79 bits per heavy atom. The van der Waals surface area contributed by atoms with Crippen LogP contribution in [0.25, 0.3) is 0 Å². The van der Waals surface area contributed by atoms with E-state index in [1.165, 1.54) is 19.1 Å². The van der Waals surface area contributed by atoms with Crippen LogP contribution in [-0.2, 0) is 16.7 Å². The number of anilines is 1. The summed E-state index contributed by atoms with van der Waals surface area (Å²) < 4.78 is 41.9. The predicted molar refractivity (Wildman–Crippen MR) is 107 cm³/mol. The average Bonchev–Trinajstić information content (AvgIpc) is 2.68. The van der Waals surface area contributed by atoms with Gasteiger partial charge in [-0.2, -0.15) is 8.42 Å². The molecule has 0 aliphatic rings. The smallest absolute Gasteiger partial charge is 0.322 e. The van der Waals surface area contributed by atoms with Gasteiger partial charge in [0.1, 0.15) is 11.6 Å². The van der Waals surface area contributed by atoms with Gasteiger partial charge in [0.05, 0.1) is 11.4 Å². The number of halogens is 1. The minimum atomic E-state index is -3.59. The second kappa shape index (κ2) is 9.54. The van der Waals surface area contributed by atoms with Crippen molar-refractivity contribution in [3.05, 3.63) is 59.9 Å². The maximum Gasteiger partial charge on any atom is 0.322 e. The van der Waals surface area contributed by atoms with Gasteiger partial charge in [-0.05, 0) is 50.1 Å². The molecule has 0 unspecified atom stereocenters. The van der Waals surface area contributed by atoms with Gasteiger partial charge in [-0.25, -0.2) is 9.18 Å². The maximum atomic E-state index is 13.8. The Balaban J connectivity index is 2.13. The summed E-state index contributed by atoms with van der Waals surface area (Å²) in [5.74, 6) is -0.401. The van der Waals surface area contributed by atoms with Crippen molar-refractivity contribution in [2.75, 3.05) is 11.1 Å². The van der Waals surface area contributed by atoms with Crippen LogP contribution in [0.3, 0.4) is 0 Å². The van der Waals surface area contributed by atoms with E-state index in [9.17, 15) is 17.6 Å². The number of carbonyl (C=O) groups is 1. The zero-order chi connectivity index (χ0) is 20.7. The molecule has 152 valence electrons. The van der Waals surface area contributed by atoms with Gasteiger partial charge in [0, 0.05) is 12.6 Å². The van der Waals surface area contributed by atoms with Crippen LogP contribution in [0, 0.1) is 5.82 Å². The lowest BCUT2D eigenvalue weighted by molar-refractivity contribution is 0.187. The molecule has 28 heavy (non-hydrogen) atoms. The number of amides is 2. The molecule has 0 heterocycles. The van der Waals surface area contributed by atoms with Crippen molar-refractivity contribution in [2.45, 2.75) is 39.8 Å². The van der Waals surface area contributed by atoms with Gasteiger partial charge in [0.2, 0.25) is 0 Å². The van der Waals surface area contributed by atoms with Crippen LogP contribution >= 0.6 is 0 Å². The summed E-state index contributed by atoms with van der Waals surface area (Å²) in [6.45, 7) is 5.66. The van der Waals surface area contributed by atoms with E-state index in [0.29, 0.717) is 0 Å². The Morgan fingerprint density at radius 1 is 1.14 bits per heavy atom. The molecule has 2 aromatic carbocycles. The normalized spacial score (nSPS) is 12.3. The monoisotopic (exact) mass is 408 g/mol. The Kier molecular flexibility index (Phi) is 7.39. The lowest BCUT2D eigenvalue weighted by atomic mass is 10.1. The number of nitrogens with one attached hydrogen (secondary N) is 1. The molecule has 0 aliphatic heterocycles. The number of rotatable bonds is 8. The summed E-state index contributed by atoms with van der Waals surface area (Å²) >= 11 is 0. The molecule has 0 saturated heterocycles. The van der Waals surface area contributed by atoms with Gasteiger partial charge >= 0.3 is 16.1 Å². The molecule has 2 aromatic rings. The highest BCUT2D eigenvalue weighted by Gasteiger charge is 2.20. The van der Waals surface area contributed by atoms with Gasteiger partial charge in [0.25, 0.3) is 0 Å². The van der Waals surface area contributed by atoms with E-state index < -0.39 is 22.0 Å². The molecule has 2 amide bonds. The molecule has 8 heteroatoms. The quantitative estimate of drug-likeness (QED) is 0.658. The summed E-state index contributed by atoms with van der Waals surface area (Å²) in [4.78, 5) is 14.3. The molecule has 0 aliphatic carbocycles. The number of nitrogens with zero attached hydrogens (tertiary/aromatic N) is 1. The molecule has 0 saturated carbocycles. The number of carbonyl (C=O) groups excluding carboxylic acids is 1. The van der Waals surface area contributed by atoms with E-state index in [-0.39, 0.29) is 29.8 Å². The standard InChI is InChI=1S/C20H25FN2O4S/c1-4-15(3)23(20(24)22-19-9-7-6-8-18(19)21)14-16-10-12-17(13-11-16)27-28(25,26)5-2/h6-13,15H,4-5,14H2,1-3H3,(H,22,24)/t15-/m0/s1. The van der Waals surface area contributed by atoms with E-state index >= 15 is 0 Å². The number of hydrogen-bond acceptors (Lipinski definition) is 4. The van der Waals surface area contributed by atoms with Crippen LogP contribution in [0.5, 0.6) is 5.75 Å². The highest BCUT2D eigenvalue weighted by Crippen LogP contribution is 2.19. The second-order valence-corrected chi connectivity index (χ2v) is 8.23. The fraction of sp³-hybridized carbons (Fsp3) is 0.350. The van der Waals surface area contributed by atoms with Crippen molar-refractivity contribution in [2.24, 2.45) is 0 Å². The van der Waals surface area contributed by atoms with Crippen molar-refractivity contribution >= 4 is 21.8 Å². The maximum absolute atomic E-state index is 13.8. The summed E-state index contributed by atoms with van der Waals surface area (Å²) in [6.07, 6.45) is 0.723. The van der Waals surface area contributed by atoms with Crippen LogP contribution in [0.4, 0.5) is 14.9 Å². The molecule has 0 radical (unpaired) electrons. The minimum Gasteiger partial charge on any atom is -0.382 e. The average molecular weight is 408 g/mol. The molecular formula is C20H25FN2O4S. The van der Waals surface area contributed by atoms with Crippen molar-refractivity contribution in [3.8, 4) is 5.75 Å². The van der Waals surface area contributed by atoms with Crippen LogP contribution in [0.2, 0.25) is 0 Å². The molecule has 0 spiro atoms. The third-order valence-electron chi connectivity index (χ3n) is 4.35. The largest absolute Gasteiger partial charge is 0.382 e. The first-order valence-electron chi connectivity index (χ1n) is 9.09. The highest BCUT2D eigenvalue weighted by molar-refractivity contribution is 7.87. The molecule has 1 atom stereocenters. The fourth-order valence-electron chi connectivity index (χ4n) is 2.45. The summed E-state index contributed by atoms with van der Waals surface area (Å²) in [6, 6.07) is 12.0. The molecule has 6 nitrogen and oxygen atoms in total. The minimum absolute atomic E-state index is 0.0804. The van der Waals surface area contributed by atoms with Gasteiger partial charge in [-0.3, -0.25) is 0 Å². The molecule has 1 N–H and O–H groups in total. The SMILES string of the molecule is CC[C@H](C)N(Cc1ccc(OS(=O)(=O)CC)cc1)C(=O)Nc1ccccc1F. The highest BCUT2D eigenvalue weighted by atomic mass is 32.2. The Hall–Kier alpha value is -2.61. The summed E-state index contributed by atoms with van der Waals surface area (Å²) in [7, 11) is -3.59. The molecule has 0 bridgehead atoms. The van der Waals surface area contributed by atoms with Gasteiger partial charge in [-0.1, -0.05) is 31.2 Å². The number of benzene rings is 2. The van der Waals surface area contributed by atoms with E-state index in [2.05, 4.69) is 5.32 Å². The molecule has 2 rings (SSSR count). The van der Waals surface area contributed by atoms with E-state index in [1.807, 2.05) is 13.8 Å². The number of hydrogen-bond donors (Lipinski definition) is 1. The van der Waals surface area contributed by atoms with Gasteiger partial charge in [0.15, 0.2) is 0 Å². The Morgan fingerprint density at radius 3 is 2.36 bits per heavy atom. The first-order valence-corrected chi connectivity index (χ1v) is 10.7. The zero-order valence-corrected chi connectivity index (χ0v) is 17.0. The predicted octanol–water partition coefficient (Wildman–Crippen LogP) is 4.39. The lowest BCUT2D eigenvalue weighted by Crippen LogP contribution is -2.40. The van der Waals surface area contributed by atoms with Crippen molar-refractivity contribution < 1.29 is 21.8 Å². The number of para-hydroxylation sites is 1. The third kappa shape index (κ3) is 5.95. The zero-order valence-electron chi connectivity index (χ0n) is 16.2. The molecular weight excluding hydrogens is 383 g/mol. The first kappa shape index (κ1) is 21.7. The third-order valence-corrected chi connectivity index (χ3v) is 5.51. The van der Waals surface area contributed by atoms with Gasteiger partial charge in [-0.15, -0.1) is 0 Å². The van der Waals surface area contributed by atoms with Crippen LogP contribution < -0.4 is 9.50 Å². The molecule has 0 fully saturated rings. The van der Waals surface area contributed by atoms with Crippen LogP contribution in [-0.4, -0.2) is 31.1 Å². The summed E-state index contributed by atoms with van der Waals surface area (Å²) in [5.41, 5.74) is 0.916. The van der Waals surface area contributed by atoms with Crippen LogP contribution in [0.1, 0.15) is 32.8 Å². The second-order valence-electron chi connectivity index (χ2n) is 6.37. The number of urea groups is 1. The van der Waals surface area contributed by atoms with Crippen molar-refractivity contribution in [3.63, 3.8) is 0 Å². The lowest BCUT2D eigenvalue weighted by Gasteiger charge is -2.29. The van der Waals surface area contributed by atoms with Crippen molar-refractivity contribution in [1.29, 1.82) is 0 Å². The van der Waals surface area contributed by atoms with E-state index in [4.69, 9.17) is 4.18 Å². The summed E-state index contributed by atoms with van der Waals surface area (Å²) in [5, 5.41) is 2.60. The van der Waals surface area contributed by atoms with E-state index in [1.54, 1.807) is 41.3 Å². The van der Waals surface area contributed by atoms with Gasteiger partial charge < -0.3 is 14.4 Å². The van der Waals surface area contributed by atoms with E-state index in [0.717, 1.165) is 12.0 Å². The molecule has 0 aromatic heterocycles. The van der Waals surface area contributed by atoms with Crippen LogP contribution in [0.15, 0.2) is 48.5 Å². The Labute approximate surface area is 165 Å².